The van der Waals surface area contributed by atoms with Crippen molar-refractivity contribution in [2.45, 2.75) is 23.2 Å². The average Bonchev–Trinajstić information content (AvgIpc) is 3.20. The molecule has 0 saturated carbocycles. The van der Waals surface area contributed by atoms with Crippen LogP contribution >= 0.6 is 23.4 Å². The molecule has 1 atom stereocenters. The lowest BCUT2D eigenvalue weighted by Crippen LogP contribution is -2.10. The van der Waals surface area contributed by atoms with Gasteiger partial charge in [0.05, 0.1) is 22.0 Å². The van der Waals surface area contributed by atoms with Gasteiger partial charge in [-0.25, -0.2) is 4.79 Å². The summed E-state index contributed by atoms with van der Waals surface area (Å²) in [6.45, 7) is 1.32. The lowest BCUT2D eigenvalue weighted by Gasteiger charge is -2.20. The highest BCUT2D eigenvalue weighted by atomic mass is 35.5. The Labute approximate surface area is 201 Å². The van der Waals surface area contributed by atoms with Gasteiger partial charge < -0.3 is 9.84 Å². The molecule has 0 bridgehead atoms. The zero-order chi connectivity index (χ0) is 24.5. The van der Waals surface area contributed by atoms with Crippen molar-refractivity contribution < 1.29 is 27.8 Å². The van der Waals surface area contributed by atoms with Crippen LogP contribution in [-0.2, 0) is 11.0 Å². The molecule has 176 valence electrons. The minimum absolute atomic E-state index is 0.0101. The van der Waals surface area contributed by atoms with Crippen molar-refractivity contribution in [2.75, 3.05) is 6.61 Å². The minimum atomic E-state index is -4.51. The number of para-hydroxylation sites is 1. The highest BCUT2D eigenvalue weighted by Crippen LogP contribution is 2.46. The average molecular weight is 507 g/mol. The molecule has 1 unspecified atom stereocenters. The molecule has 5 nitrogen and oxygen atoms in total. The fourth-order valence-electron chi connectivity index (χ4n) is 3.51. The summed E-state index contributed by atoms with van der Waals surface area (Å²) in [4.78, 5) is 11.6. The molecule has 2 N–H and O–H groups in total. The van der Waals surface area contributed by atoms with Gasteiger partial charge in [-0.2, -0.15) is 18.3 Å². The summed E-state index contributed by atoms with van der Waals surface area (Å²) in [6, 6.07) is 16.0. The summed E-state index contributed by atoms with van der Waals surface area (Å²) >= 11 is 7.75. The molecule has 0 spiro atoms. The van der Waals surface area contributed by atoms with Crippen LogP contribution in [0.5, 0.6) is 5.75 Å². The predicted octanol–water partition coefficient (Wildman–Crippen LogP) is 6.89. The Morgan fingerprint density at radius 1 is 1.18 bits per heavy atom. The summed E-state index contributed by atoms with van der Waals surface area (Å²) in [7, 11) is 0. The van der Waals surface area contributed by atoms with Gasteiger partial charge in [-0.3, -0.25) is 5.10 Å². The van der Waals surface area contributed by atoms with Crippen LogP contribution in [0.2, 0.25) is 5.02 Å². The van der Waals surface area contributed by atoms with E-state index in [1.165, 1.54) is 17.8 Å². The molecule has 1 aromatic heterocycles. The molecule has 0 radical (unpaired) electrons. The lowest BCUT2D eigenvalue weighted by atomic mass is 10.0. The van der Waals surface area contributed by atoms with Crippen molar-refractivity contribution in [1.29, 1.82) is 0 Å². The predicted molar refractivity (Wildman–Crippen MR) is 125 cm³/mol. The summed E-state index contributed by atoms with van der Waals surface area (Å²) < 4.78 is 44.9. The number of nitrogens with zero attached hydrogens (tertiary/aromatic N) is 1. The lowest BCUT2D eigenvalue weighted by molar-refractivity contribution is -0.139. The fourth-order valence-corrected chi connectivity index (χ4v) is 5.15. The van der Waals surface area contributed by atoms with Gasteiger partial charge in [0.2, 0.25) is 0 Å². The van der Waals surface area contributed by atoms with Crippen LogP contribution in [0, 0.1) is 6.92 Å². The van der Waals surface area contributed by atoms with Crippen LogP contribution in [0.4, 0.5) is 13.2 Å². The zero-order valence-electron chi connectivity index (χ0n) is 17.7. The Kier molecular flexibility index (Phi) is 6.77. The number of carboxylic acid groups (broad SMARTS) is 1. The number of nitrogens with one attached hydrogen (secondary N) is 1. The highest BCUT2D eigenvalue weighted by molar-refractivity contribution is 7.99. The minimum Gasteiger partial charge on any atom is -0.482 e. The van der Waals surface area contributed by atoms with E-state index in [4.69, 9.17) is 21.4 Å². The third-order valence-electron chi connectivity index (χ3n) is 5.11. The molecule has 1 heterocycles. The van der Waals surface area contributed by atoms with Crippen molar-refractivity contribution in [3.05, 3.63) is 88.1 Å². The zero-order valence-corrected chi connectivity index (χ0v) is 19.3. The molecule has 3 aromatic carbocycles. The number of ether oxygens (including phenoxy) is 1. The number of carboxylic acids is 1. The second kappa shape index (κ2) is 9.60. The van der Waals surface area contributed by atoms with Gasteiger partial charge in [0.15, 0.2) is 6.61 Å². The highest BCUT2D eigenvalue weighted by Gasteiger charge is 2.32. The third-order valence-corrected chi connectivity index (χ3v) is 6.69. The van der Waals surface area contributed by atoms with E-state index in [9.17, 15) is 18.0 Å². The molecule has 0 saturated heterocycles. The Hall–Kier alpha value is -3.17. The van der Waals surface area contributed by atoms with Gasteiger partial charge in [-0.1, -0.05) is 35.9 Å². The first-order chi connectivity index (χ1) is 16.1. The SMILES string of the molecule is Cc1cc(SC(c2ccc(C(F)(F)F)cc2Cl)c2[nH]nc3ccccc23)ccc1OCC(=O)O. The molecule has 4 rings (SSSR count). The normalized spacial score (nSPS) is 12.6. The Morgan fingerprint density at radius 2 is 1.94 bits per heavy atom. The summed E-state index contributed by atoms with van der Waals surface area (Å²) in [5.41, 5.74) is 1.82. The maximum Gasteiger partial charge on any atom is 0.416 e. The number of aromatic amines is 1. The molecule has 10 heteroatoms. The number of carbonyl (C=O) groups is 1. The molecule has 0 aliphatic heterocycles. The second-order valence-electron chi connectivity index (χ2n) is 7.50. The van der Waals surface area contributed by atoms with Crippen molar-refractivity contribution >= 4 is 40.2 Å². The maximum absolute atomic E-state index is 13.2. The van der Waals surface area contributed by atoms with Crippen LogP contribution < -0.4 is 4.74 Å². The van der Waals surface area contributed by atoms with Crippen molar-refractivity contribution in [3.63, 3.8) is 0 Å². The van der Waals surface area contributed by atoms with Crippen LogP contribution in [0.25, 0.3) is 10.9 Å². The number of fused-ring (bicyclic) bond motifs is 1. The molecule has 4 aromatic rings. The number of aliphatic carboxylic acids is 1. The van der Waals surface area contributed by atoms with Crippen LogP contribution in [0.1, 0.15) is 27.6 Å². The molecular weight excluding hydrogens is 489 g/mol. The summed E-state index contributed by atoms with van der Waals surface area (Å²) in [6.07, 6.45) is -4.51. The molecule has 0 amide bonds. The molecule has 0 aliphatic carbocycles. The number of alkyl halides is 3. The van der Waals surface area contributed by atoms with Gasteiger partial charge in [-0.15, -0.1) is 11.8 Å². The molecule has 0 fully saturated rings. The van der Waals surface area contributed by atoms with Crippen molar-refractivity contribution in [2.24, 2.45) is 0 Å². The Balaban J connectivity index is 1.75. The summed E-state index contributed by atoms with van der Waals surface area (Å²) in [5, 5.41) is 16.5. The number of rotatable bonds is 7. The number of hydrogen-bond acceptors (Lipinski definition) is 4. The van der Waals surface area contributed by atoms with Gasteiger partial charge in [0.1, 0.15) is 5.75 Å². The first-order valence-electron chi connectivity index (χ1n) is 10.0. The van der Waals surface area contributed by atoms with E-state index in [1.54, 1.807) is 19.1 Å². The van der Waals surface area contributed by atoms with Crippen molar-refractivity contribution in [3.8, 4) is 5.75 Å². The van der Waals surface area contributed by atoms with Crippen LogP contribution in [0.3, 0.4) is 0 Å². The van der Waals surface area contributed by atoms with E-state index in [1.807, 2.05) is 30.3 Å². The quantitative estimate of drug-likeness (QED) is 0.267. The van der Waals surface area contributed by atoms with E-state index in [-0.39, 0.29) is 5.02 Å². The number of H-pyrrole nitrogens is 1. The van der Waals surface area contributed by atoms with Gasteiger partial charge in [0.25, 0.3) is 0 Å². The van der Waals surface area contributed by atoms with Crippen molar-refractivity contribution in [1.82, 2.24) is 10.2 Å². The number of halogens is 4. The molecule has 34 heavy (non-hydrogen) atoms. The smallest absolute Gasteiger partial charge is 0.416 e. The first-order valence-corrected chi connectivity index (χ1v) is 11.3. The largest absolute Gasteiger partial charge is 0.482 e. The first kappa shape index (κ1) is 24.0. The van der Waals surface area contributed by atoms with Gasteiger partial charge in [-0.05, 0) is 54.4 Å². The topological polar surface area (TPSA) is 75.2 Å². The third kappa shape index (κ3) is 5.15. The molecular formula is C24H18ClF3N2O3S. The number of hydrogen-bond donors (Lipinski definition) is 2. The number of thioether (sulfide) groups is 1. The second-order valence-corrected chi connectivity index (χ2v) is 9.08. The van der Waals surface area contributed by atoms with Gasteiger partial charge in [0, 0.05) is 15.3 Å². The number of benzene rings is 3. The van der Waals surface area contributed by atoms with E-state index < -0.39 is 29.6 Å². The van der Waals surface area contributed by atoms with E-state index in [0.717, 1.165) is 33.5 Å². The standard InChI is InChI=1S/C24H18ClF3N2O3S/c1-13-10-15(7-9-20(13)33-12-21(31)32)34-23(22-17-4-2-3-5-19(17)29-30-22)16-8-6-14(11-18(16)25)24(26,27)28/h2-11,23H,12H2,1H3,(H,29,30)(H,31,32). The van der Waals surface area contributed by atoms with E-state index in [0.29, 0.717) is 17.0 Å². The van der Waals surface area contributed by atoms with Crippen LogP contribution in [-0.4, -0.2) is 27.9 Å². The Bertz CT molecular complexity index is 1360. The van der Waals surface area contributed by atoms with Crippen LogP contribution in [0.15, 0.2) is 65.6 Å². The fraction of sp³-hybridized carbons (Fsp3) is 0.167. The van der Waals surface area contributed by atoms with Gasteiger partial charge >= 0.3 is 12.1 Å². The number of aryl methyl sites for hydroxylation is 1. The Morgan fingerprint density at radius 3 is 2.62 bits per heavy atom. The number of aromatic nitrogens is 2. The summed E-state index contributed by atoms with van der Waals surface area (Å²) in [5.74, 6) is -0.649. The van der Waals surface area contributed by atoms with E-state index >= 15 is 0 Å². The maximum atomic E-state index is 13.2. The monoisotopic (exact) mass is 506 g/mol. The molecule has 0 aliphatic rings. The van der Waals surface area contributed by atoms with E-state index in [2.05, 4.69) is 10.2 Å².